The van der Waals surface area contributed by atoms with Gasteiger partial charge in [-0.05, 0) is 39.7 Å². The van der Waals surface area contributed by atoms with E-state index in [0.717, 1.165) is 19.3 Å². The van der Waals surface area contributed by atoms with Crippen molar-refractivity contribution in [3.8, 4) is 0 Å². The summed E-state index contributed by atoms with van der Waals surface area (Å²) in [6.45, 7) is 6.29. The van der Waals surface area contributed by atoms with Gasteiger partial charge in [0, 0.05) is 0 Å². The van der Waals surface area contributed by atoms with Crippen molar-refractivity contribution in [2.75, 3.05) is 6.54 Å². The number of hydrogen-bond acceptors (Lipinski definition) is 4. The van der Waals surface area contributed by atoms with Gasteiger partial charge in [-0.1, -0.05) is 83.6 Å². The zero-order chi connectivity index (χ0) is 25.3. The van der Waals surface area contributed by atoms with E-state index in [0.29, 0.717) is 0 Å². The normalized spacial score (nSPS) is 16.2. The summed E-state index contributed by atoms with van der Waals surface area (Å²) in [5.74, 6) is -3.92. The Kier molecular flexibility index (Phi) is 16.6. The smallest absolute Gasteiger partial charge is 0.362 e. The van der Waals surface area contributed by atoms with Crippen LogP contribution >= 0.6 is 0 Å². The molecule has 0 saturated heterocycles. The predicted octanol–water partition coefficient (Wildman–Crippen LogP) is 4.54. The number of hydrogen-bond donors (Lipinski definition) is 2. The van der Waals surface area contributed by atoms with Crippen LogP contribution < -0.4 is 5.11 Å². The Bertz CT molecular complexity index is 553. The third kappa shape index (κ3) is 11.2. The van der Waals surface area contributed by atoms with E-state index < -0.39 is 40.5 Å². The maximum Gasteiger partial charge on any atom is 0.362 e. The maximum atomic E-state index is 11.7. The predicted molar refractivity (Wildman–Crippen MR) is 129 cm³/mol. The average molecular weight is 470 g/mol. The number of unbranched alkanes of at least 4 members (excludes halogenated alkanes) is 12. The molecule has 0 rings (SSSR count). The van der Waals surface area contributed by atoms with E-state index in [1.54, 1.807) is 6.08 Å². The van der Waals surface area contributed by atoms with Crippen molar-refractivity contribution in [2.45, 2.75) is 129 Å². The molecule has 0 aromatic carbocycles. The van der Waals surface area contributed by atoms with Crippen LogP contribution in [0.4, 0.5) is 0 Å². The van der Waals surface area contributed by atoms with E-state index in [-0.39, 0.29) is 6.54 Å². The molecule has 0 fully saturated rings. The van der Waals surface area contributed by atoms with Gasteiger partial charge < -0.3 is 20.1 Å². The lowest BCUT2D eigenvalue weighted by Gasteiger charge is -2.48. The Hall–Kier alpha value is -1.89. The summed E-state index contributed by atoms with van der Waals surface area (Å²) in [5.41, 5.74) is 0. The number of carboxylic acids is 3. The Morgan fingerprint density at radius 2 is 1.09 bits per heavy atom. The van der Waals surface area contributed by atoms with Crippen LogP contribution in [0.1, 0.15) is 111 Å². The second-order valence-corrected chi connectivity index (χ2v) is 9.35. The van der Waals surface area contributed by atoms with Gasteiger partial charge >= 0.3 is 11.9 Å². The van der Waals surface area contributed by atoms with Crippen molar-refractivity contribution in [1.29, 1.82) is 0 Å². The summed E-state index contributed by atoms with van der Waals surface area (Å²) in [6.07, 6.45) is 19.6. The Morgan fingerprint density at radius 3 is 1.45 bits per heavy atom. The van der Waals surface area contributed by atoms with Crippen LogP contribution in [0.3, 0.4) is 0 Å². The fourth-order valence-corrected chi connectivity index (χ4v) is 4.57. The molecule has 7 nitrogen and oxygen atoms in total. The zero-order valence-electron chi connectivity index (χ0n) is 21.3. The second-order valence-electron chi connectivity index (χ2n) is 9.35. The number of nitrogens with zero attached hydrogens (tertiary/aromatic N) is 1. The van der Waals surface area contributed by atoms with Crippen LogP contribution in [-0.4, -0.2) is 57.3 Å². The van der Waals surface area contributed by atoms with Crippen LogP contribution in [0.5, 0.6) is 0 Å². The molecule has 3 unspecified atom stereocenters. The molecule has 0 amide bonds. The number of carbonyl (C=O) groups excluding carboxylic acids is 1. The van der Waals surface area contributed by atoms with Crippen LogP contribution in [0.15, 0.2) is 12.2 Å². The molecule has 0 heterocycles. The quantitative estimate of drug-likeness (QED) is 0.145. The molecule has 0 radical (unpaired) electrons. The molecule has 0 aliphatic carbocycles. The summed E-state index contributed by atoms with van der Waals surface area (Å²) >= 11 is 0. The van der Waals surface area contributed by atoms with Gasteiger partial charge in [0.2, 0.25) is 0 Å². The maximum absolute atomic E-state index is 11.7. The van der Waals surface area contributed by atoms with Gasteiger partial charge in [0.05, 0.1) is 12.5 Å². The molecule has 2 N–H and O–H groups in total. The molecule has 0 aliphatic heterocycles. The summed E-state index contributed by atoms with van der Waals surface area (Å²) in [5, 5.41) is 30.7. The van der Waals surface area contributed by atoms with E-state index in [4.69, 9.17) is 0 Å². The standard InChI is InChI=1S/C26H47NO6/c1-5-6-7-8-9-10-11-12-13-14-15-16-17-18-19-20-27(21(2)24(28)29,22(3)25(30)31)23(4)26(32)33/h18-19,21-23H,5-17,20H2,1-4H3,(H2-,28,29,30,31,32,33)/b19-18+. The van der Waals surface area contributed by atoms with E-state index in [2.05, 4.69) is 6.92 Å². The molecular weight excluding hydrogens is 422 g/mol. The third-order valence-electron chi connectivity index (χ3n) is 7.03. The first-order valence-electron chi connectivity index (χ1n) is 12.8. The topological polar surface area (TPSA) is 115 Å². The minimum absolute atomic E-state index is 0.00827. The Balaban J connectivity index is 4.52. The molecule has 192 valence electrons. The molecule has 0 aromatic rings. The molecule has 0 bridgehead atoms. The van der Waals surface area contributed by atoms with E-state index >= 15 is 0 Å². The van der Waals surface area contributed by atoms with Gasteiger partial charge in [0.1, 0.15) is 6.04 Å². The third-order valence-corrected chi connectivity index (χ3v) is 7.03. The van der Waals surface area contributed by atoms with Crippen molar-refractivity contribution < 1.29 is 34.2 Å². The molecule has 7 heteroatoms. The largest absolute Gasteiger partial charge is 0.544 e. The van der Waals surface area contributed by atoms with E-state index in [1.165, 1.54) is 85.0 Å². The first kappa shape index (κ1) is 31.1. The number of aliphatic carboxylic acids is 3. The van der Waals surface area contributed by atoms with Gasteiger partial charge in [-0.3, -0.25) is 4.48 Å². The van der Waals surface area contributed by atoms with E-state index in [9.17, 15) is 29.7 Å². The number of allylic oxidation sites excluding steroid dienone is 1. The number of rotatable bonds is 21. The lowest BCUT2D eigenvalue weighted by atomic mass is 10.0. The van der Waals surface area contributed by atoms with Crippen molar-refractivity contribution in [2.24, 2.45) is 0 Å². The van der Waals surface area contributed by atoms with Gasteiger partial charge in [-0.25, -0.2) is 9.59 Å². The minimum Gasteiger partial charge on any atom is -0.544 e. The first-order chi connectivity index (χ1) is 15.6. The lowest BCUT2D eigenvalue weighted by molar-refractivity contribution is -0.964. The van der Waals surface area contributed by atoms with Crippen molar-refractivity contribution in [1.82, 2.24) is 0 Å². The summed E-state index contributed by atoms with van der Waals surface area (Å²) in [4.78, 5) is 35.1. The first-order valence-corrected chi connectivity index (χ1v) is 12.8. The van der Waals surface area contributed by atoms with Crippen molar-refractivity contribution in [3.05, 3.63) is 12.2 Å². The second kappa shape index (κ2) is 17.6. The Labute approximate surface area is 200 Å². The van der Waals surface area contributed by atoms with Crippen molar-refractivity contribution in [3.63, 3.8) is 0 Å². The molecule has 3 atom stereocenters. The molecule has 33 heavy (non-hydrogen) atoms. The molecule has 0 aromatic heterocycles. The highest BCUT2D eigenvalue weighted by Crippen LogP contribution is 2.26. The van der Waals surface area contributed by atoms with Gasteiger partial charge in [-0.2, -0.15) is 0 Å². The number of quaternary nitrogens is 1. The van der Waals surface area contributed by atoms with Crippen molar-refractivity contribution >= 4 is 17.9 Å². The Morgan fingerprint density at radius 1 is 0.697 bits per heavy atom. The lowest BCUT2D eigenvalue weighted by Crippen LogP contribution is -2.71. The van der Waals surface area contributed by atoms with Gasteiger partial charge in [-0.15, -0.1) is 0 Å². The minimum atomic E-state index is -1.45. The van der Waals surface area contributed by atoms with Crippen LogP contribution in [-0.2, 0) is 14.4 Å². The summed E-state index contributed by atoms with van der Waals surface area (Å²) < 4.78 is -0.623. The summed E-state index contributed by atoms with van der Waals surface area (Å²) in [6, 6.07) is -3.70. The van der Waals surface area contributed by atoms with Crippen LogP contribution in [0, 0.1) is 0 Å². The van der Waals surface area contributed by atoms with Gasteiger partial charge in [0.15, 0.2) is 12.1 Å². The SMILES string of the molecule is CCCCCCCCCCCCCC/C=C/C[N+](C(C)C(=O)[O-])(C(C)C(=O)O)C(C)C(=O)O. The molecule has 0 saturated carbocycles. The number of carbonyl (C=O) groups is 3. The van der Waals surface area contributed by atoms with Crippen LogP contribution in [0.2, 0.25) is 0 Å². The fraction of sp³-hybridized carbons (Fsp3) is 0.808. The molecule has 0 aliphatic rings. The highest BCUT2D eigenvalue weighted by Gasteiger charge is 2.50. The zero-order valence-corrected chi connectivity index (χ0v) is 21.3. The summed E-state index contributed by atoms with van der Waals surface area (Å²) in [7, 11) is 0. The molecule has 0 spiro atoms. The highest BCUT2D eigenvalue weighted by atomic mass is 16.4. The monoisotopic (exact) mass is 469 g/mol. The van der Waals surface area contributed by atoms with Crippen LogP contribution in [0.25, 0.3) is 0 Å². The molecular formula is C26H47NO6. The average Bonchev–Trinajstić information content (AvgIpc) is 2.77. The highest BCUT2D eigenvalue weighted by molar-refractivity contribution is 5.77. The number of carboxylic acid groups (broad SMARTS) is 3. The van der Waals surface area contributed by atoms with E-state index in [1.807, 2.05) is 6.08 Å². The van der Waals surface area contributed by atoms with Gasteiger partial charge in [0.25, 0.3) is 0 Å². The fourth-order valence-electron chi connectivity index (χ4n) is 4.57.